The topological polar surface area (TPSA) is 33.7 Å². The lowest BCUT2D eigenvalue weighted by atomic mass is 10.0. The molecule has 4 heteroatoms. The van der Waals surface area contributed by atoms with Crippen LogP contribution < -0.4 is 5.32 Å². The van der Waals surface area contributed by atoms with E-state index in [2.05, 4.69) is 40.5 Å². The molecular weight excluding hydrogens is 264 g/mol. The predicted molar refractivity (Wildman–Crippen MR) is 85.4 cm³/mol. The van der Waals surface area contributed by atoms with Crippen LogP contribution in [0, 0.1) is 0 Å². The Morgan fingerprint density at radius 3 is 2.52 bits per heavy atom. The number of benzene rings is 1. The van der Waals surface area contributed by atoms with Crippen molar-refractivity contribution < 1.29 is 9.47 Å². The average Bonchev–Trinajstić information content (AvgIpc) is 2.54. The highest BCUT2D eigenvalue weighted by Gasteiger charge is 2.19. The van der Waals surface area contributed by atoms with E-state index in [1.807, 2.05) is 0 Å². The molecule has 1 aliphatic heterocycles. The fourth-order valence-electron chi connectivity index (χ4n) is 2.83. The Kier molecular flexibility index (Phi) is 7.16. The first-order valence-corrected chi connectivity index (χ1v) is 7.83. The van der Waals surface area contributed by atoms with E-state index in [4.69, 9.17) is 9.47 Å². The van der Waals surface area contributed by atoms with Crippen LogP contribution in [0.2, 0.25) is 0 Å². The molecule has 1 fully saturated rings. The minimum atomic E-state index is 0.150. The number of nitrogens with one attached hydrogen (secondary N) is 1. The van der Waals surface area contributed by atoms with Crippen LogP contribution in [0.4, 0.5) is 0 Å². The second-order valence-corrected chi connectivity index (χ2v) is 5.76. The third-order valence-electron chi connectivity index (χ3n) is 4.16. The molecular formula is C17H28N2O2. The third-order valence-corrected chi connectivity index (χ3v) is 4.16. The maximum atomic E-state index is 5.38. The average molecular weight is 292 g/mol. The molecule has 1 atom stereocenters. The van der Waals surface area contributed by atoms with Gasteiger partial charge in [0.15, 0.2) is 0 Å². The fourth-order valence-corrected chi connectivity index (χ4v) is 2.83. The molecule has 1 aromatic carbocycles. The monoisotopic (exact) mass is 292 g/mol. The molecule has 0 amide bonds. The van der Waals surface area contributed by atoms with Gasteiger partial charge in [0.2, 0.25) is 0 Å². The van der Waals surface area contributed by atoms with Gasteiger partial charge in [-0.1, -0.05) is 30.3 Å². The van der Waals surface area contributed by atoms with Gasteiger partial charge in [0, 0.05) is 33.4 Å². The van der Waals surface area contributed by atoms with Crippen LogP contribution >= 0.6 is 0 Å². The molecule has 1 heterocycles. The van der Waals surface area contributed by atoms with E-state index in [-0.39, 0.29) is 6.10 Å². The molecule has 1 N–H and O–H groups in total. The third kappa shape index (κ3) is 5.75. The maximum Gasteiger partial charge on any atom is 0.0928 e. The molecule has 0 bridgehead atoms. The fraction of sp³-hybridized carbons (Fsp3) is 0.647. The molecule has 0 aliphatic carbocycles. The number of nitrogens with zero attached hydrogens (tertiary/aromatic N) is 1. The maximum absolute atomic E-state index is 5.38. The molecule has 2 rings (SSSR count). The summed E-state index contributed by atoms with van der Waals surface area (Å²) in [4.78, 5) is 2.54. The lowest BCUT2D eigenvalue weighted by Gasteiger charge is -2.33. The zero-order valence-electron chi connectivity index (χ0n) is 13.3. The van der Waals surface area contributed by atoms with Crippen molar-refractivity contribution in [2.75, 3.05) is 40.5 Å². The summed E-state index contributed by atoms with van der Waals surface area (Å²) < 4.78 is 10.5. The van der Waals surface area contributed by atoms with Crippen LogP contribution in [0.25, 0.3) is 0 Å². The SMILES string of the molecule is COCC(CNC1CCN(Cc2ccccc2)CC1)OC. The van der Waals surface area contributed by atoms with Crippen LogP contribution in [-0.2, 0) is 16.0 Å². The highest BCUT2D eigenvalue weighted by molar-refractivity contribution is 5.14. The van der Waals surface area contributed by atoms with Crippen molar-refractivity contribution in [3.05, 3.63) is 35.9 Å². The number of piperidine rings is 1. The van der Waals surface area contributed by atoms with Crippen molar-refractivity contribution in [3.8, 4) is 0 Å². The Morgan fingerprint density at radius 1 is 1.19 bits per heavy atom. The van der Waals surface area contributed by atoms with E-state index in [1.165, 1.54) is 18.4 Å². The summed E-state index contributed by atoms with van der Waals surface area (Å²) in [5, 5.41) is 3.61. The number of ether oxygens (including phenoxy) is 2. The van der Waals surface area contributed by atoms with Gasteiger partial charge in [0.05, 0.1) is 12.7 Å². The molecule has 118 valence electrons. The molecule has 1 aromatic rings. The van der Waals surface area contributed by atoms with Gasteiger partial charge in [-0.15, -0.1) is 0 Å². The van der Waals surface area contributed by atoms with Crippen molar-refractivity contribution in [2.45, 2.75) is 31.5 Å². The van der Waals surface area contributed by atoms with Gasteiger partial charge < -0.3 is 14.8 Å². The molecule has 0 spiro atoms. The second kappa shape index (κ2) is 9.15. The van der Waals surface area contributed by atoms with Gasteiger partial charge in [0.25, 0.3) is 0 Å². The largest absolute Gasteiger partial charge is 0.382 e. The summed E-state index contributed by atoms with van der Waals surface area (Å²) in [5.74, 6) is 0. The minimum absolute atomic E-state index is 0.150. The number of methoxy groups -OCH3 is 2. The van der Waals surface area contributed by atoms with Crippen molar-refractivity contribution in [2.24, 2.45) is 0 Å². The number of hydrogen-bond donors (Lipinski definition) is 1. The van der Waals surface area contributed by atoms with Crippen molar-refractivity contribution in [1.82, 2.24) is 10.2 Å². The van der Waals surface area contributed by atoms with Gasteiger partial charge in [-0.2, -0.15) is 0 Å². The standard InChI is InChI=1S/C17H28N2O2/c1-20-14-17(21-2)12-18-16-8-10-19(11-9-16)13-15-6-4-3-5-7-15/h3-7,16-18H,8-14H2,1-2H3. The first-order valence-electron chi connectivity index (χ1n) is 7.83. The smallest absolute Gasteiger partial charge is 0.0928 e. The summed E-state index contributed by atoms with van der Waals surface area (Å²) in [5.41, 5.74) is 1.41. The Balaban J connectivity index is 1.66. The molecule has 21 heavy (non-hydrogen) atoms. The Hall–Kier alpha value is -0.940. The first-order chi connectivity index (χ1) is 10.3. The molecule has 0 saturated carbocycles. The van der Waals surface area contributed by atoms with Crippen molar-refractivity contribution >= 4 is 0 Å². The zero-order valence-corrected chi connectivity index (χ0v) is 13.3. The van der Waals surface area contributed by atoms with Gasteiger partial charge >= 0.3 is 0 Å². The van der Waals surface area contributed by atoms with Gasteiger partial charge in [0.1, 0.15) is 0 Å². The first kappa shape index (κ1) is 16.4. The second-order valence-electron chi connectivity index (χ2n) is 5.76. The van der Waals surface area contributed by atoms with Crippen LogP contribution in [0.1, 0.15) is 18.4 Å². The van der Waals surface area contributed by atoms with Crippen LogP contribution in [0.5, 0.6) is 0 Å². The van der Waals surface area contributed by atoms with Gasteiger partial charge in [-0.05, 0) is 31.5 Å². The van der Waals surface area contributed by atoms with E-state index in [0.29, 0.717) is 12.6 Å². The number of rotatable bonds is 8. The van der Waals surface area contributed by atoms with Crippen LogP contribution in [0.15, 0.2) is 30.3 Å². The van der Waals surface area contributed by atoms with E-state index in [0.717, 1.165) is 26.2 Å². The molecule has 1 aliphatic rings. The van der Waals surface area contributed by atoms with Crippen molar-refractivity contribution in [1.29, 1.82) is 0 Å². The zero-order chi connectivity index (χ0) is 14.9. The number of likely N-dealkylation sites (tertiary alicyclic amines) is 1. The predicted octanol–water partition coefficient (Wildman–Crippen LogP) is 1.90. The molecule has 4 nitrogen and oxygen atoms in total. The van der Waals surface area contributed by atoms with Crippen LogP contribution in [-0.4, -0.2) is 57.5 Å². The lowest BCUT2D eigenvalue weighted by Crippen LogP contribution is -2.45. The Morgan fingerprint density at radius 2 is 1.90 bits per heavy atom. The Bertz CT molecular complexity index is 378. The summed E-state index contributed by atoms with van der Waals surface area (Å²) >= 11 is 0. The molecule has 1 unspecified atom stereocenters. The number of hydrogen-bond acceptors (Lipinski definition) is 4. The highest BCUT2D eigenvalue weighted by Crippen LogP contribution is 2.13. The Labute approximate surface area is 128 Å². The minimum Gasteiger partial charge on any atom is -0.382 e. The van der Waals surface area contributed by atoms with E-state index in [1.54, 1.807) is 14.2 Å². The lowest BCUT2D eigenvalue weighted by molar-refractivity contribution is 0.0257. The van der Waals surface area contributed by atoms with Crippen LogP contribution in [0.3, 0.4) is 0 Å². The normalized spacial score (nSPS) is 18.8. The molecule has 0 aromatic heterocycles. The van der Waals surface area contributed by atoms with Crippen molar-refractivity contribution in [3.63, 3.8) is 0 Å². The van der Waals surface area contributed by atoms with E-state index >= 15 is 0 Å². The summed E-state index contributed by atoms with van der Waals surface area (Å²) in [6.45, 7) is 4.91. The molecule has 1 saturated heterocycles. The summed E-state index contributed by atoms with van der Waals surface area (Å²) in [6, 6.07) is 11.3. The van der Waals surface area contributed by atoms with Gasteiger partial charge in [-0.25, -0.2) is 0 Å². The molecule has 0 radical (unpaired) electrons. The summed E-state index contributed by atoms with van der Waals surface area (Å²) in [7, 11) is 3.46. The summed E-state index contributed by atoms with van der Waals surface area (Å²) in [6.07, 6.45) is 2.56. The van der Waals surface area contributed by atoms with E-state index < -0.39 is 0 Å². The quantitative estimate of drug-likeness (QED) is 0.793. The van der Waals surface area contributed by atoms with Gasteiger partial charge in [-0.3, -0.25) is 4.90 Å². The highest BCUT2D eigenvalue weighted by atomic mass is 16.5. The van der Waals surface area contributed by atoms with E-state index in [9.17, 15) is 0 Å².